The van der Waals surface area contributed by atoms with Crippen LogP contribution in [0.15, 0.2) is 58.6 Å². The third-order valence-corrected chi connectivity index (χ3v) is 3.90. The summed E-state index contributed by atoms with van der Waals surface area (Å²) in [5, 5.41) is 11.6. The third-order valence-electron chi connectivity index (χ3n) is 3.37. The summed E-state index contributed by atoms with van der Waals surface area (Å²) in [4.78, 5) is 37.6. The maximum absolute atomic E-state index is 12.6. The molecule has 2 aromatic carbocycles. The minimum Gasteiger partial charge on any atom is -0.508 e. The lowest BCUT2D eigenvalue weighted by Crippen LogP contribution is -2.54. The average Bonchev–Trinajstić information content (AvgIpc) is 2.53. The summed E-state index contributed by atoms with van der Waals surface area (Å²) in [6.07, 6.45) is 1.33. The molecule has 24 heavy (non-hydrogen) atoms. The van der Waals surface area contributed by atoms with E-state index < -0.39 is 17.8 Å². The summed E-state index contributed by atoms with van der Waals surface area (Å²) < 4.78 is 0.794. The van der Waals surface area contributed by atoms with E-state index in [1.165, 1.54) is 18.2 Å². The number of amides is 4. The molecule has 1 heterocycles. The number of imide groups is 2. The van der Waals surface area contributed by atoms with Gasteiger partial charge in [-0.05, 0) is 48.0 Å². The summed E-state index contributed by atoms with van der Waals surface area (Å²) in [5.41, 5.74) is 0.622. The molecule has 0 radical (unpaired) electrons. The Morgan fingerprint density at radius 1 is 1.04 bits per heavy atom. The topological polar surface area (TPSA) is 86.7 Å². The minimum atomic E-state index is -0.805. The first-order valence-electron chi connectivity index (χ1n) is 6.92. The number of rotatable bonds is 2. The molecule has 1 aliphatic heterocycles. The van der Waals surface area contributed by atoms with Crippen LogP contribution in [0.3, 0.4) is 0 Å². The summed E-state index contributed by atoms with van der Waals surface area (Å²) in [7, 11) is 0. The Kier molecular flexibility index (Phi) is 4.18. The summed E-state index contributed by atoms with van der Waals surface area (Å²) >= 11 is 3.28. The van der Waals surface area contributed by atoms with Gasteiger partial charge in [0.05, 0.1) is 5.69 Å². The molecule has 3 rings (SSSR count). The molecular weight excluding hydrogens is 376 g/mol. The van der Waals surface area contributed by atoms with Crippen LogP contribution in [0.1, 0.15) is 5.56 Å². The molecule has 7 heteroatoms. The number of hydrogen-bond donors (Lipinski definition) is 2. The molecule has 120 valence electrons. The maximum atomic E-state index is 12.6. The van der Waals surface area contributed by atoms with Gasteiger partial charge in [0, 0.05) is 4.47 Å². The number of nitrogens with one attached hydrogen (secondary N) is 1. The molecule has 1 fully saturated rings. The molecule has 0 spiro atoms. The van der Waals surface area contributed by atoms with E-state index >= 15 is 0 Å². The van der Waals surface area contributed by atoms with Crippen molar-refractivity contribution in [2.75, 3.05) is 4.90 Å². The Labute approximate surface area is 145 Å². The van der Waals surface area contributed by atoms with Crippen molar-refractivity contribution in [3.8, 4) is 5.75 Å². The summed E-state index contributed by atoms with van der Waals surface area (Å²) in [6.45, 7) is 0. The van der Waals surface area contributed by atoms with Gasteiger partial charge in [0.2, 0.25) is 0 Å². The number of urea groups is 1. The van der Waals surface area contributed by atoms with E-state index in [0.29, 0.717) is 11.3 Å². The van der Waals surface area contributed by atoms with Crippen LogP contribution in [-0.2, 0) is 9.59 Å². The zero-order valence-electron chi connectivity index (χ0n) is 12.2. The van der Waals surface area contributed by atoms with Crippen molar-refractivity contribution >= 4 is 45.5 Å². The highest BCUT2D eigenvalue weighted by atomic mass is 79.9. The first-order valence-corrected chi connectivity index (χ1v) is 7.71. The molecule has 0 aromatic heterocycles. The van der Waals surface area contributed by atoms with Crippen molar-refractivity contribution in [2.45, 2.75) is 0 Å². The number of hydrogen-bond acceptors (Lipinski definition) is 4. The van der Waals surface area contributed by atoms with E-state index in [0.717, 1.165) is 9.37 Å². The van der Waals surface area contributed by atoms with Crippen LogP contribution >= 0.6 is 15.9 Å². The van der Waals surface area contributed by atoms with Crippen molar-refractivity contribution in [3.05, 3.63) is 64.1 Å². The number of barbiturate groups is 1. The molecule has 0 aliphatic carbocycles. The van der Waals surface area contributed by atoms with E-state index in [1.54, 1.807) is 36.4 Å². The highest BCUT2D eigenvalue weighted by Gasteiger charge is 2.36. The Morgan fingerprint density at radius 2 is 1.75 bits per heavy atom. The fourth-order valence-corrected chi connectivity index (χ4v) is 2.53. The number of anilines is 1. The normalized spacial score (nSPS) is 16.5. The summed E-state index contributed by atoms with van der Waals surface area (Å²) in [5.74, 6) is -1.50. The van der Waals surface area contributed by atoms with Crippen LogP contribution in [0.25, 0.3) is 6.08 Å². The highest BCUT2D eigenvalue weighted by Crippen LogP contribution is 2.24. The lowest BCUT2D eigenvalue weighted by molar-refractivity contribution is -0.122. The van der Waals surface area contributed by atoms with Crippen molar-refractivity contribution in [3.63, 3.8) is 0 Å². The Balaban J connectivity index is 2.01. The third kappa shape index (κ3) is 3.07. The zero-order chi connectivity index (χ0) is 17.3. The van der Waals surface area contributed by atoms with Crippen LogP contribution in [-0.4, -0.2) is 23.0 Å². The number of carbonyl (C=O) groups is 3. The number of phenols is 1. The number of phenolic OH excluding ortho intramolecular Hbond substituents is 1. The molecule has 2 N–H and O–H groups in total. The van der Waals surface area contributed by atoms with Gasteiger partial charge in [0.1, 0.15) is 11.3 Å². The van der Waals surface area contributed by atoms with Gasteiger partial charge in [-0.1, -0.05) is 28.1 Å². The van der Waals surface area contributed by atoms with Gasteiger partial charge < -0.3 is 5.11 Å². The predicted molar refractivity (Wildman–Crippen MR) is 91.3 cm³/mol. The lowest BCUT2D eigenvalue weighted by atomic mass is 10.1. The fourth-order valence-electron chi connectivity index (χ4n) is 2.26. The molecular formula is C17H11BrN2O4. The second-order valence-electron chi connectivity index (χ2n) is 5.03. The Bertz CT molecular complexity index is 874. The molecule has 2 aromatic rings. The monoisotopic (exact) mass is 386 g/mol. The lowest BCUT2D eigenvalue weighted by Gasteiger charge is -2.26. The number of halogens is 1. The van der Waals surface area contributed by atoms with Crippen molar-refractivity contribution in [1.29, 1.82) is 0 Å². The quantitative estimate of drug-likeness (QED) is 0.613. The van der Waals surface area contributed by atoms with E-state index in [2.05, 4.69) is 21.2 Å². The van der Waals surface area contributed by atoms with E-state index in [9.17, 15) is 19.5 Å². The van der Waals surface area contributed by atoms with E-state index in [4.69, 9.17) is 0 Å². The molecule has 4 amide bonds. The molecule has 1 aliphatic rings. The van der Waals surface area contributed by atoms with E-state index in [1.807, 2.05) is 0 Å². The smallest absolute Gasteiger partial charge is 0.335 e. The number of nitrogens with zero attached hydrogens (tertiary/aromatic N) is 1. The SMILES string of the molecule is O=C1NC(=O)N(c2ccc(Br)cc2)C(=O)C1=Cc1cccc(O)c1. The second-order valence-corrected chi connectivity index (χ2v) is 5.94. The fraction of sp³-hybridized carbons (Fsp3) is 0. The Hall–Kier alpha value is -2.93. The van der Waals surface area contributed by atoms with Gasteiger partial charge in [0.15, 0.2) is 0 Å². The number of aromatic hydroxyl groups is 1. The molecule has 1 saturated heterocycles. The number of benzene rings is 2. The Morgan fingerprint density at radius 3 is 2.42 bits per heavy atom. The zero-order valence-corrected chi connectivity index (χ0v) is 13.8. The van der Waals surface area contributed by atoms with Gasteiger partial charge in [-0.3, -0.25) is 14.9 Å². The van der Waals surface area contributed by atoms with Crippen LogP contribution < -0.4 is 10.2 Å². The minimum absolute atomic E-state index is 0.00820. The maximum Gasteiger partial charge on any atom is 0.335 e. The second kappa shape index (κ2) is 6.29. The molecule has 0 bridgehead atoms. The van der Waals surface area contributed by atoms with Crippen LogP contribution in [0.5, 0.6) is 5.75 Å². The summed E-state index contributed by atoms with van der Waals surface area (Å²) in [6, 6.07) is 11.8. The van der Waals surface area contributed by atoms with Crippen LogP contribution in [0.2, 0.25) is 0 Å². The van der Waals surface area contributed by atoms with Gasteiger partial charge in [-0.15, -0.1) is 0 Å². The largest absolute Gasteiger partial charge is 0.508 e. The van der Waals surface area contributed by atoms with Gasteiger partial charge in [-0.25, -0.2) is 9.69 Å². The van der Waals surface area contributed by atoms with Gasteiger partial charge >= 0.3 is 6.03 Å². The van der Waals surface area contributed by atoms with Gasteiger partial charge in [-0.2, -0.15) is 0 Å². The van der Waals surface area contributed by atoms with Crippen LogP contribution in [0, 0.1) is 0 Å². The standard InChI is InChI=1S/C17H11BrN2O4/c18-11-4-6-12(7-5-11)20-16(23)14(15(22)19-17(20)24)9-10-2-1-3-13(21)8-10/h1-9,21H,(H,19,22,24). The molecule has 0 unspecified atom stereocenters. The van der Waals surface area contributed by atoms with Crippen molar-refractivity contribution in [1.82, 2.24) is 5.32 Å². The predicted octanol–water partition coefficient (Wildman–Crippen LogP) is 2.82. The van der Waals surface area contributed by atoms with Gasteiger partial charge in [0.25, 0.3) is 11.8 Å². The number of carbonyl (C=O) groups excluding carboxylic acids is 3. The van der Waals surface area contributed by atoms with Crippen molar-refractivity contribution < 1.29 is 19.5 Å². The first-order chi connectivity index (χ1) is 11.5. The average molecular weight is 387 g/mol. The molecule has 6 nitrogen and oxygen atoms in total. The molecule has 0 atom stereocenters. The first kappa shape index (κ1) is 15.9. The van der Waals surface area contributed by atoms with E-state index in [-0.39, 0.29) is 11.3 Å². The molecule has 0 saturated carbocycles. The van der Waals surface area contributed by atoms with Crippen molar-refractivity contribution in [2.24, 2.45) is 0 Å². The van der Waals surface area contributed by atoms with Crippen LogP contribution in [0.4, 0.5) is 10.5 Å². The highest BCUT2D eigenvalue weighted by molar-refractivity contribution is 9.10.